The highest BCUT2D eigenvalue weighted by Crippen LogP contribution is 2.28. The highest BCUT2D eigenvalue weighted by molar-refractivity contribution is 6.21. The molecule has 2 aromatic heterocycles. The lowest BCUT2D eigenvalue weighted by atomic mass is 10.1. The zero-order valence-corrected chi connectivity index (χ0v) is 23.7. The Labute approximate surface area is 247 Å². The van der Waals surface area contributed by atoms with Crippen LogP contribution in [-0.4, -0.2) is 52.0 Å². The maximum absolute atomic E-state index is 13.9. The Morgan fingerprint density at radius 2 is 1.49 bits per heavy atom. The van der Waals surface area contributed by atoms with Gasteiger partial charge in [-0.25, -0.2) is 9.97 Å². The Hall–Kier alpha value is -5.51. The van der Waals surface area contributed by atoms with Gasteiger partial charge in [0.15, 0.2) is 11.5 Å². The van der Waals surface area contributed by atoms with E-state index in [1.165, 1.54) is 4.90 Å². The maximum Gasteiger partial charge on any atom is 0.261 e. The van der Waals surface area contributed by atoms with E-state index in [1.807, 2.05) is 36.4 Å². The molecule has 1 aliphatic rings. The van der Waals surface area contributed by atoms with Gasteiger partial charge in [0.05, 0.1) is 36.2 Å². The Morgan fingerprint density at radius 1 is 0.767 bits per heavy atom. The van der Waals surface area contributed by atoms with Crippen LogP contribution in [0, 0.1) is 0 Å². The van der Waals surface area contributed by atoms with Crippen molar-refractivity contribution in [3.8, 4) is 22.6 Å². The van der Waals surface area contributed by atoms with Crippen LogP contribution < -0.4 is 20.8 Å². The third-order valence-electron chi connectivity index (χ3n) is 7.66. The largest absolute Gasteiger partial charge is 0.493 e. The fourth-order valence-electron chi connectivity index (χ4n) is 5.38. The Balaban J connectivity index is 1.36. The number of carbonyl (C=O) groups is 2. The first kappa shape index (κ1) is 27.6. The predicted octanol–water partition coefficient (Wildman–Crippen LogP) is 4.14. The third-order valence-corrected chi connectivity index (χ3v) is 7.66. The molecule has 3 aromatic carbocycles. The molecule has 0 bridgehead atoms. The minimum Gasteiger partial charge on any atom is -0.493 e. The zero-order chi connectivity index (χ0) is 30.1. The lowest BCUT2D eigenvalue weighted by molar-refractivity contribution is 0.0655. The number of benzene rings is 3. The number of anilines is 1. The van der Waals surface area contributed by atoms with E-state index in [9.17, 15) is 14.4 Å². The summed E-state index contributed by atoms with van der Waals surface area (Å²) in [5.41, 5.74) is 9.44. The molecule has 216 valence electrons. The van der Waals surface area contributed by atoms with Gasteiger partial charge in [-0.3, -0.25) is 23.9 Å². The molecule has 0 fully saturated rings. The fourth-order valence-corrected chi connectivity index (χ4v) is 5.38. The Bertz CT molecular complexity index is 1900. The monoisotopic (exact) mass is 575 g/mol. The predicted molar refractivity (Wildman–Crippen MR) is 162 cm³/mol. The zero-order valence-electron chi connectivity index (χ0n) is 23.7. The van der Waals surface area contributed by atoms with Crippen LogP contribution >= 0.6 is 0 Å². The number of methoxy groups -OCH3 is 2. The van der Waals surface area contributed by atoms with Crippen molar-refractivity contribution in [1.29, 1.82) is 0 Å². The molecule has 0 radical (unpaired) electrons. The van der Waals surface area contributed by atoms with Crippen molar-refractivity contribution in [1.82, 2.24) is 19.4 Å². The molecule has 1 aliphatic heterocycles. The van der Waals surface area contributed by atoms with Gasteiger partial charge in [-0.15, -0.1) is 0 Å². The van der Waals surface area contributed by atoms with E-state index in [1.54, 1.807) is 61.4 Å². The molecule has 0 aliphatic carbocycles. The van der Waals surface area contributed by atoms with Crippen molar-refractivity contribution in [2.75, 3.05) is 26.5 Å². The number of imide groups is 1. The number of carbonyl (C=O) groups excluding carboxylic acids is 2. The summed E-state index contributed by atoms with van der Waals surface area (Å²) < 4.78 is 12.4. The van der Waals surface area contributed by atoms with Crippen molar-refractivity contribution in [3.63, 3.8) is 0 Å². The van der Waals surface area contributed by atoms with Gasteiger partial charge in [0, 0.05) is 31.3 Å². The first-order valence-corrected chi connectivity index (χ1v) is 13.8. The molecule has 0 spiro atoms. The normalized spacial score (nSPS) is 12.6. The van der Waals surface area contributed by atoms with Crippen molar-refractivity contribution in [2.45, 2.75) is 19.4 Å². The number of nitrogen functional groups attached to an aromatic ring is 1. The summed E-state index contributed by atoms with van der Waals surface area (Å²) in [5, 5.41) is 0.462. The molecule has 43 heavy (non-hydrogen) atoms. The molecular weight excluding hydrogens is 546 g/mol. The number of amides is 2. The average Bonchev–Trinajstić information content (AvgIpc) is 3.28. The average molecular weight is 576 g/mol. The molecule has 10 nitrogen and oxygen atoms in total. The smallest absolute Gasteiger partial charge is 0.261 e. The van der Waals surface area contributed by atoms with Crippen LogP contribution in [0.15, 0.2) is 83.8 Å². The summed E-state index contributed by atoms with van der Waals surface area (Å²) in [4.78, 5) is 50.2. The van der Waals surface area contributed by atoms with E-state index >= 15 is 0 Å². The number of nitrogens with two attached hydrogens (primary N) is 1. The second-order valence-electron chi connectivity index (χ2n) is 10.2. The Morgan fingerprint density at radius 3 is 2.16 bits per heavy atom. The SMILES string of the molecule is COc1ccc(CCn2c(CCN3C(=O)c4ccccc4C3=O)nc3cc(-c4ccc(N)nc4)ccc3c2=O)cc1OC. The van der Waals surface area contributed by atoms with E-state index < -0.39 is 0 Å². The number of hydrogen-bond donors (Lipinski definition) is 1. The number of aromatic nitrogens is 3. The van der Waals surface area contributed by atoms with Gasteiger partial charge >= 0.3 is 0 Å². The lowest BCUT2D eigenvalue weighted by Crippen LogP contribution is -2.34. The molecule has 2 N–H and O–H groups in total. The Kier molecular flexibility index (Phi) is 7.33. The van der Waals surface area contributed by atoms with E-state index in [2.05, 4.69) is 4.98 Å². The lowest BCUT2D eigenvalue weighted by Gasteiger charge is -2.18. The number of hydrogen-bond acceptors (Lipinski definition) is 8. The number of pyridine rings is 1. The fraction of sp³-hybridized carbons (Fsp3) is 0.182. The molecule has 10 heteroatoms. The number of rotatable bonds is 9. The van der Waals surface area contributed by atoms with Crippen molar-refractivity contribution >= 4 is 28.5 Å². The summed E-state index contributed by atoms with van der Waals surface area (Å²) in [6.07, 6.45) is 2.39. The first-order valence-electron chi connectivity index (χ1n) is 13.8. The molecule has 0 saturated heterocycles. The van der Waals surface area contributed by atoms with Gasteiger partial charge in [0.2, 0.25) is 0 Å². The van der Waals surface area contributed by atoms with Crippen LogP contribution in [0.2, 0.25) is 0 Å². The van der Waals surface area contributed by atoms with Crippen LogP contribution in [0.3, 0.4) is 0 Å². The minimum absolute atomic E-state index is 0.0855. The summed E-state index contributed by atoms with van der Waals surface area (Å²) in [6.45, 7) is 0.417. The molecule has 0 saturated carbocycles. The van der Waals surface area contributed by atoms with Crippen molar-refractivity contribution in [2.24, 2.45) is 0 Å². The minimum atomic E-state index is -0.348. The third kappa shape index (κ3) is 5.19. The van der Waals surface area contributed by atoms with Crippen LogP contribution in [0.25, 0.3) is 22.0 Å². The highest BCUT2D eigenvalue weighted by atomic mass is 16.5. The molecule has 5 aromatic rings. The van der Waals surface area contributed by atoms with Crippen molar-refractivity contribution in [3.05, 3.63) is 112 Å². The van der Waals surface area contributed by atoms with Gasteiger partial charge in [-0.2, -0.15) is 0 Å². The molecular formula is C33H29N5O5. The van der Waals surface area contributed by atoms with Crippen LogP contribution in [-0.2, 0) is 19.4 Å². The summed E-state index contributed by atoms with van der Waals surface area (Å²) >= 11 is 0. The maximum atomic E-state index is 13.9. The van der Waals surface area contributed by atoms with Gasteiger partial charge in [0.1, 0.15) is 11.6 Å². The van der Waals surface area contributed by atoms with Crippen LogP contribution in [0.5, 0.6) is 11.5 Å². The van der Waals surface area contributed by atoms with Gasteiger partial charge in [0.25, 0.3) is 17.4 Å². The van der Waals surface area contributed by atoms with E-state index in [-0.39, 0.29) is 30.3 Å². The van der Waals surface area contributed by atoms with E-state index in [0.29, 0.717) is 58.1 Å². The topological polar surface area (TPSA) is 130 Å². The van der Waals surface area contributed by atoms with E-state index in [0.717, 1.165) is 16.7 Å². The quantitative estimate of drug-likeness (QED) is 0.260. The summed E-state index contributed by atoms with van der Waals surface area (Å²) in [6, 6.07) is 21.4. The number of nitrogens with zero attached hydrogens (tertiary/aromatic N) is 4. The molecule has 3 heterocycles. The van der Waals surface area contributed by atoms with Gasteiger partial charge in [-0.1, -0.05) is 24.3 Å². The number of aryl methyl sites for hydroxylation is 1. The molecule has 0 atom stereocenters. The van der Waals surface area contributed by atoms with Gasteiger partial charge in [-0.05, 0) is 66.1 Å². The van der Waals surface area contributed by atoms with Crippen LogP contribution in [0.1, 0.15) is 32.1 Å². The molecule has 6 rings (SSSR count). The highest BCUT2D eigenvalue weighted by Gasteiger charge is 2.35. The van der Waals surface area contributed by atoms with E-state index in [4.69, 9.17) is 20.2 Å². The summed E-state index contributed by atoms with van der Waals surface area (Å²) in [5.74, 6) is 1.40. The summed E-state index contributed by atoms with van der Waals surface area (Å²) in [7, 11) is 3.15. The molecule has 2 amide bonds. The number of fused-ring (bicyclic) bond motifs is 2. The number of ether oxygens (including phenoxy) is 2. The second kappa shape index (κ2) is 11.4. The second-order valence-corrected chi connectivity index (χ2v) is 10.2. The molecule has 0 unspecified atom stereocenters. The van der Waals surface area contributed by atoms with Crippen molar-refractivity contribution < 1.29 is 19.1 Å². The van der Waals surface area contributed by atoms with Crippen LogP contribution in [0.4, 0.5) is 5.82 Å². The standard InChI is InChI=1S/C33H29N5O5/c1-42-27-11-7-20(17-28(27)43-2)13-15-37-30(14-16-38-31(39)23-5-3-4-6-24(23)32(38)40)36-26-18-21(8-10-25(26)33(37)41)22-9-12-29(34)35-19-22/h3-12,17-19H,13-16H2,1-2H3,(H2,34,35). The van der Waals surface area contributed by atoms with Gasteiger partial charge < -0.3 is 15.2 Å². The first-order chi connectivity index (χ1) is 20.9.